The molecular weight excluding hydrogens is 362 g/mol. The molecule has 0 radical (unpaired) electrons. The summed E-state index contributed by atoms with van der Waals surface area (Å²) < 4.78 is 1.10. The summed E-state index contributed by atoms with van der Waals surface area (Å²) in [7, 11) is 1.92. The van der Waals surface area contributed by atoms with Gasteiger partial charge in [-0.1, -0.05) is 12.1 Å². The maximum absolute atomic E-state index is 12.0. The molecule has 2 rings (SSSR count). The molecule has 6 heteroatoms. The lowest BCUT2D eigenvalue weighted by Gasteiger charge is -2.15. The maximum atomic E-state index is 12.0. The Labute approximate surface area is 142 Å². The normalized spacial score (nSPS) is 10.5. The van der Waals surface area contributed by atoms with Crippen molar-refractivity contribution in [1.29, 1.82) is 5.26 Å². The zero-order chi connectivity index (χ0) is 15.9. The largest absolute Gasteiger partial charge is 0.325 e. The Hall–Kier alpha value is -1.68. The molecule has 4 nitrogen and oxygen atoms in total. The van der Waals surface area contributed by atoms with E-state index in [1.54, 1.807) is 11.3 Å². The van der Waals surface area contributed by atoms with E-state index in [9.17, 15) is 4.79 Å². The highest BCUT2D eigenvalue weighted by Gasteiger charge is 2.09. The molecule has 0 fully saturated rings. The third kappa shape index (κ3) is 5.26. The lowest BCUT2D eigenvalue weighted by atomic mass is 10.1. The van der Waals surface area contributed by atoms with Crippen LogP contribution in [0.15, 0.2) is 40.2 Å². The van der Waals surface area contributed by atoms with Crippen molar-refractivity contribution in [3.8, 4) is 6.07 Å². The molecule has 0 spiro atoms. The zero-order valence-electron chi connectivity index (χ0n) is 12.2. The summed E-state index contributed by atoms with van der Waals surface area (Å²) in [5.74, 6) is -0.0499. The Kier molecular flexibility index (Phi) is 6.13. The van der Waals surface area contributed by atoms with Crippen LogP contribution in [-0.2, 0) is 17.8 Å². The fraction of sp³-hybridized carbons (Fsp3) is 0.250. The third-order valence-electron chi connectivity index (χ3n) is 2.99. The van der Waals surface area contributed by atoms with Gasteiger partial charge in [-0.3, -0.25) is 9.69 Å². The molecule has 1 N–H and O–H groups in total. The predicted octanol–water partition coefficient (Wildman–Crippen LogP) is 3.65. The van der Waals surface area contributed by atoms with Crippen LogP contribution in [0.25, 0.3) is 0 Å². The van der Waals surface area contributed by atoms with E-state index >= 15 is 0 Å². The SMILES string of the molecule is CN(CC(=O)Nc1ccc(CC#N)cc1)Cc1ccc(Br)s1. The molecule has 1 aromatic carbocycles. The van der Waals surface area contributed by atoms with Crippen molar-refractivity contribution in [2.24, 2.45) is 0 Å². The second kappa shape index (κ2) is 8.08. The average molecular weight is 378 g/mol. The van der Waals surface area contributed by atoms with E-state index in [-0.39, 0.29) is 5.91 Å². The van der Waals surface area contributed by atoms with Crippen LogP contribution in [0, 0.1) is 11.3 Å². The van der Waals surface area contributed by atoms with Crippen molar-refractivity contribution in [1.82, 2.24) is 4.90 Å². The number of hydrogen-bond donors (Lipinski definition) is 1. The molecule has 0 aliphatic heterocycles. The van der Waals surface area contributed by atoms with Gasteiger partial charge in [-0.2, -0.15) is 5.26 Å². The van der Waals surface area contributed by atoms with E-state index in [1.807, 2.05) is 42.3 Å². The van der Waals surface area contributed by atoms with Crippen molar-refractivity contribution < 1.29 is 4.79 Å². The van der Waals surface area contributed by atoms with E-state index in [0.29, 0.717) is 13.0 Å². The van der Waals surface area contributed by atoms with Gasteiger partial charge < -0.3 is 5.32 Å². The van der Waals surface area contributed by atoms with Crippen LogP contribution in [0.2, 0.25) is 0 Å². The standard InChI is InChI=1S/C16H16BrN3OS/c1-20(10-14-6-7-15(17)22-14)11-16(21)19-13-4-2-12(3-5-13)8-9-18/h2-7H,8,10-11H2,1H3,(H,19,21). The minimum absolute atomic E-state index is 0.0499. The highest BCUT2D eigenvalue weighted by atomic mass is 79.9. The Morgan fingerprint density at radius 2 is 2.05 bits per heavy atom. The predicted molar refractivity (Wildman–Crippen MR) is 92.7 cm³/mol. The van der Waals surface area contributed by atoms with Gasteiger partial charge in [-0.15, -0.1) is 11.3 Å². The van der Waals surface area contributed by atoms with Crippen molar-refractivity contribution >= 4 is 38.9 Å². The molecule has 0 saturated carbocycles. The molecule has 0 aliphatic rings. The zero-order valence-corrected chi connectivity index (χ0v) is 14.6. The first-order valence-electron chi connectivity index (χ1n) is 6.75. The van der Waals surface area contributed by atoms with E-state index in [2.05, 4.69) is 33.4 Å². The lowest BCUT2D eigenvalue weighted by Crippen LogP contribution is -2.29. The number of anilines is 1. The first-order chi connectivity index (χ1) is 10.6. The van der Waals surface area contributed by atoms with Crippen LogP contribution >= 0.6 is 27.3 Å². The highest BCUT2D eigenvalue weighted by molar-refractivity contribution is 9.11. The molecule has 0 saturated heterocycles. The van der Waals surface area contributed by atoms with Gasteiger partial charge in [-0.05, 0) is 52.8 Å². The summed E-state index contributed by atoms with van der Waals surface area (Å²) in [6.45, 7) is 1.07. The monoisotopic (exact) mass is 377 g/mol. The minimum Gasteiger partial charge on any atom is -0.325 e. The quantitative estimate of drug-likeness (QED) is 0.835. The smallest absolute Gasteiger partial charge is 0.238 e. The van der Waals surface area contributed by atoms with Crippen LogP contribution in [0.3, 0.4) is 0 Å². The highest BCUT2D eigenvalue weighted by Crippen LogP contribution is 2.22. The molecule has 1 heterocycles. The maximum Gasteiger partial charge on any atom is 0.238 e. The Morgan fingerprint density at radius 1 is 1.32 bits per heavy atom. The molecule has 2 aromatic rings. The average Bonchev–Trinajstić information content (AvgIpc) is 2.86. The summed E-state index contributed by atoms with van der Waals surface area (Å²) >= 11 is 5.10. The summed E-state index contributed by atoms with van der Waals surface area (Å²) in [6, 6.07) is 13.5. The van der Waals surface area contributed by atoms with Crippen molar-refractivity contribution in [2.45, 2.75) is 13.0 Å². The second-order valence-corrected chi connectivity index (χ2v) is 7.51. The van der Waals surface area contributed by atoms with E-state index in [1.165, 1.54) is 4.88 Å². The number of likely N-dealkylation sites (N-methyl/N-ethyl adjacent to an activating group) is 1. The van der Waals surface area contributed by atoms with Crippen LogP contribution in [-0.4, -0.2) is 24.4 Å². The number of hydrogen-bond acceptors (Lipinski definition) is 4. The number of carbonyl (C=O) groups is 1. The Bertz CT molecular complexity index is 675. The molecule has 0 atom stereocenters. The summed E-state index contributed by atoms with van der Waals surface area (Å²) in [6.07, 6.45) is 0.382. The molecule has 1 amide bonds. The van der Waals surface area contributed by atoms with Gasteiger partial charge in [0, 0.05) is 17.1 Å². The van der Waals surface area contributed by atoms with Crippen molar-refractivity contribution in [3.63, 3.8) is 0 Å². The first kappa shape index (κ1) is 16.7. The number of rotatable bonds is 6. The number of nitriles is 1. The van der Waals surface area contributed by atoms with E-state index in [4.69, 9.17) is 5.26 Å². The number of benzene rings is 1. The van der Waals surface area contributed by atoms with Crippen LogP contribution < -0.4 is 5.32 Å². The third-order valence-corrected chi connectivity index (χ3v) is 4.60. The number of amides is 1. The van der Waals surface area contributed by atoms with Gasteiger partial charge >= 0.3 is 0 Å². The first-order valence-corrected chi connectivity index (χ1v) is 8.36. The number of nitrogens with zero attached hydrogens (tertiary/aromatic N) is 2. The van der Waals surface area contributed by atoms with Gasteiger partial charge in [0.05, 0.1) is 22.8 Å². The fourth-order valence-corrected chi connectivity index (χ4v) is 3.57. The fourth-order valence-electron chi connectivity index (χ4n) is 2.00. The number of halogens is 1. The number of thiophene rings is 1. The molecule has 22 heavy (non-hydrogen) atoms. The molecule has 0 bridgehead atoms. The minimum atomic E-state index is -0.0499. The molecule has 1 aromatic heterocycles. The van der Waals surface area contributed by atoms with E-state index in [0.717, 1.165) is 21.6 Å². The van der Waals surface area contributed by atoms with Crippen LogP contribution in [0.4, 0.5) is 5.69 Å². The summed E-state index contributed by atoms with van der Waals surface area (Å²) in [5.41, 5.74) is 1.69. The van der Waals surface area contributed by atoms with Crippen molar-refractivity contribution in [3.05, 3.63) is 50.6 Å². The molecule has 114 valence electrons. The summed E-state index contributed by atoms with van der Waals surface area (Å²) in [4.78, 5) is 15.2. The number of nitrogens with one attached hydrogen (secondary N) is 1. The van der Waals surface area contributed by atoms with Gasteiger partial charge in [0.1, 0.15) is 0 Å². The van der Waals surface area contributed by atoms with Gasteiger partial charge in [0.2, 0.25) is 5.91 Å². The number of carbonyl (C=O) groups excluding carboxylic acids is 1. The molecule has 0 unspecified atom stereocenters. The molecule has 0 aliphatic carbocycles. The van der Waals surface area contributed by atoms with Crippen molar-refractivity contribution in [2.75, 3.05) is 18.9 Å². The Morgan fingerprint density at radius 3 is 2.64 bits per heavy atom. The lowest BCUT2D eigenvalue weighted by molar-refractivity contribution is -0.117. The van der Waals surface area contributed by atoms with E-state index < -0.39 is 0 Å². The van der Waals surface area contributed by atoms with Gasteiger partial charge in [-0.25, -0.2) is 0 Å². The van der Waals surface area contributed by atoms with Gasteiger partial charge in [0.15, 0.2) is 0 Å². The topological polar surface area (TPSA) is 56.1 Å². The Balaban J connectivity index is 1.83. The van der Waals surface area contributed by atoms with Crippen LogP contribution in [0.1, 0.15) is 10.4 Å². The van der Waals surface area contributed by atoms with Gasteiger partial charge in [0.25, 0.3) is 0 Å². The second-order valence-electron chi connectivity index (χ2n) is 4.96. The van der Waals surface area contributed by atoms with Crippen LogP contribution in [0.5, 0.6) is 0 Å². The molecular formula is C16H16BrN3OS. The summed E-state index contributed by atoms with van der Waals surface area (Å²) in [5, 5.41) is 11.5.